The number of morpholine rings is 1. The SMILES string of the molecule is CCNCC1CCCCN1S(=O)(=O)N1CCOC(CC)C1. The van der Waals surface area contributed by atoms with Crippen LogP contribution in [0.1, 0.15) is 39.5 Å². The van der Waals surface area contributed by atoms with Crippen LogP contribution in [0.2, 0.25) is 0 Å². The molecule has 2 unspecified atom stereocenters. The van der Waals surface area contributed by atoms with Gasteiger partial charge in [0, 0.05) is 32.2 Å². The molecule has 0 aromatic carbocycles. The third kappa shape index (κ3) is 4.16. The molecule has 7 heteroatoms. The van der Waals surface area contributed by atoms with Crippen molar-refractivity contribution in [2.45, 2.75) is 51.7 Å². The van der Waals surface area contributed by atoms with Gasteiger partial charge in [0.05, 0.1) is 12.7 Å². The summed E-state index contributed by atoms with van der Waals surface area (Å²) in [6.45, 7) is 7.82. The van der Waals surface area contributed by atoms with E-state index >= 15 is 0 Å². The zero-order valence-corrected chi connectivity index (χ0v) is 14.1. The van der Waals surface area contributed by atoms with Gasteiger partial charge < -0.3 is 10.1 Å². The Morgan fingerprint density at radius 1 is 1.24 bits per heavy atom. The second kappa shape index (κ2) is 7.87. The van der Waals surface area contributed by atoms with E-state index in [1.807, 2.05) is 6.92 Å². The third-order valence-electron chi connectivity index (χ3n) is 4.38. The summed E-state index contributed by atoms with van der Waals surface area (Å²) >= 11 is 0. The van der Waals surface area contributed by atoms with Gasteiger partial charge in [-0.1, -0.05) is 20.3 Å². The minimum absolute atomic E-state index is 0.0329. The zero-order chi connectivity index (χ0) is 15.3. The molecule has 0 aromatic rings. The standard InChI is InChI=1S/C14H29N3O3S/c1-3-14-12-16(9-10-20-14)21(18,19)17-8-6-5-7-13(17)11-15-4-2/h13-15H,3-12H2,1-2H3. The highest BCUT2D eigenvalue weighted by molar-refractivity contribution is 7.86. The molecule has 2 heterocycles. The molecule has 0 amide bonds. The van der Waals surface area contributed by atoms with Crippen LogP contribution in [-0.4, -0.2) is 68.5 Å². The van der Waals surface area contributed by atoms with Crippen molar-refractivity contribution in [1.29, 1.82) is 0 Å². The Bertz CT molecular complexity index is 416. The van der Waals surface area contributed by atoms with Crippen molar-refractivity contribution in [3.63, 3.8) is 0 Å². The number of nitrogens with zero attached hydrogens (tertiary/aromatic N) is 2. The van der Waals surface area contributed by atoms with Gasteiger partial charge in [-0.05, 0) is 25.8 Å². The molecule has 2 aliphatic heterocycles. The van der Waals surface area contributed by atoms with Gasteiger partial charge in [-0.25, -0.2) is 0 Å². The lowest BCUT2D eigenvalue weighted by molar-refractivity contribution is -0.00528. The van der Waals surface area contributed by atoms with Crippen LogP contribution in [0.3, 0.4) is 0 Å². The molecule has 21 heavy (non-hydrogen) atoms. The molecular weight excluding hydrogens is 290 g/mol. The fraction of sp³-hybridized carbons (Fsp3) is 1.00. The number of ether oxygens (including phenoxy) is 1. The van der Waals surface area contributed by atoms with E-state index in [1.54, 1.807) is 8.61 Å². The molecule has 2 rings (SSSR count). The monoisotopic (exact) mass is 319 g/mol. The third-order valence-corrected chi connectivity index (χ3v) is 6.44. The Kier molecular flexibility index (Phi) is 6.43. The Morgan fingerprint density at radius 3 is 2.76 bits per heavy atom. The molecule has 1 N–H and O–H groups in total. The van der Waals surface area contributed by atoms with E-state index < -0.39 is 10.2 Å². The Morgan fingerprint density at radius 2 is 2.05 bits per heavy atom. The lowest BCUT2D eigenvalue weighted by Crippen LogP contribution is -2.56. The van der Waals surface area contributed by atoms with Crippen molar-refractivity contribution < 1.29 is 13.2 Å². The molecule has 0 aliphatic carbocycles. The number of rotatable bonds is 6. The van der Waals surface area contributed by atoms with Gasteiger partial charge in [0.2, 0.25) is 0 Å². The molecule has 2 saturated heterocycles. The summed E-state index contributed by atoms with van der Waals surface area (Å²) in [5.74, 6) is 0. The molecular formula is C14H29N3O3S. The minimum Gasteiger partial charge on any atom is -0.375 e. The van der Waals surface area contributed by atoms with Gasteiger partial charge in [-0.15, -0.1) is 0 Å². The highest BCUT2D eigenvalue weighted by Crippen LogP contribution is 2.24. The first-order chi connectivity index (χ1) is 10.1. The number of hydrogen-bond donors (Lipinski definition) is 1. The van der Waals surface area contributed by atoms with Crippen LogP contribution in [0.5, 0.6) is 0 Å². The van der Waals surface area contributed by atoms with Gasteiger partial charge in [0.25, 0.3) is 10.2 Å². The summed E-state index contributed by atoms with van der Waals surface area (Å²) in [7, 11) is -3.36. The Balaban J connectivity index is 2.08. The second-order valence-corrected chi connectivity index (χ2v) is 7.72. The number of nitrogens with one attached hydrogen (secondary N) is 1. The van der Waals surface area contributed by atoms with Crippen molar-refractivity contribution in [2.75, 3.05) is 39.3 Å². The van der Waals surface area contributed by atoms with Crippen LogP contribution in [0.4, 0.5) is 0 Å². The van der Waals surface area contributed by atoms with E-state index in [0.29, 0.717) is 26.2 Å². The van der Waals surface area contributed by atoms with E-state index in [2.05, 4.69) is 12.2 Å². The lowest BCUT2D eigenvalue weighted by atomic mass is 10.1. The summed E-state index contributed by atoms with van der Waals surface area (Å²) in [5.41, 5.74) is 0. The van der Waals surface area contributed by atoms with E-state index in [-0.39, 0.29) is 12.1 Å². The number of hydrogen-bond acceptors (Lipinski definition) is 4. The van der Waals surface area contributed by atoms with Crippen LogP contribution < -0.4 is 5.32 Å². The average Bonchev–Trinajstić information content (AvgIpc) is 2.53. The highest BCUT2D eigenvalue weighted by atomic mass is 32.2. The maximum absolute atomic E-state index is 12.9. The predicted molar refractivity (Wildman–Crippen MR) is 83.4 cm³/mol. The number of piperidine rings is 1. The van der Waals surface area contributed by atoms with Gasteiger partial charge in [0.1, 0.15) is 0 Å². The highest BCUT2D eigenvalue weighted by Gasteiger charge is 2.38. The van der Waals surface area contributed by atoms with E-state index in [1.165, 1.54) is 0 Å². The van der Waals surface area contributed by atoms with Crippen LogP contribution in [0, 0.1) is 0 Å². The minimum atomic E-state index is -3.36. The maximum Gasteiger partial charge on any atom is 0.282 e. The van der Waals surface area contributed by atoms with Crippen molar-refractivity contribution >= 4 is 10.2 Å². The fourth-order valence-corrected chi connectivity index (χ4v) is 4.96. The molecule has 6 nitrogen and oxygen atoms in total. The van der Waals surface area contributed by atoms with Crippen LogP contribution in [0.15, 0.2) is 0 Å². The molecule has 0 saturated carbocycles. The topological polar surface area (TPSA) is 61.9 Å². The van der Waals surface area contributed by atoms with E-state index in [0.717, 1.165) is 38.8 Å². The number of likely N-dealkylation sites (N-methyl/N-ethyl adjacent to an activating group) is 1. The fourth-order valence-electron chi connectivity index (χ4n) is 3.09. The summed E-state index contributed by atoms with van der Waals surface area (Å²) in [4.78, 5) is 0. The normalized spacial score (nSPS) is 29.6. The van der Waals surface area contributed by atoms with Crippen molar-refractivity contribution in [2.24, 2.45) is 0 Å². The molecule has 2 fully saturated rings. The summed E-state index contributed by atoms with van der Waals surface area (Å²) in [6.07, 6.45) is 3.91. The van der Waals surface area contributed by atoms with Gasteiger partial charge in [0.15, 0.2) is 0 Å². The molecule has 124 valence electrons. The average molecular weight is 319 g/mol. The first kappa shape index (κ1) is 17.1. The van der Waals surface area contributed by atoms with Crippen molar-refractivity contribution in [3.8, 4) is 0 Å². The quantitative estimate of drug-likeness (QED) is 0.787. The molecule has 0 bridgehead atoms. The Labute approximate surface area is 129 Å². The van der Waals surface area contributed by atoms with Crippen LogP contribution in [0.25, 0.3) is 0 Å². The van der Waals surface area contributed by atoms with Gasteiger partial charge in [-0.2, -0.15) is 17.0 Å². The largest absolute Gasteiger partial charge is 0.375 e. The summed E-state index contributed by atoms with van der Waals surface area (Å²) in [6, 6.07) is 0.0895. The maximum atomic E-state index is 12.9. The Hall–Kier alpha value is -0.210. The van der Waals surface area contributed by atoms with Gasteiger partial charge in [-0.3, -0.25) is 0 Å². The smallest absolute Gasteiger partial charge is 0.282 e. The van der Waals surface area contributed by atoms with Crippen molar-refractivity contribution in [1.82, 2.24) is 13.9 Å². The first-order valence-electron chi connectivity index (χ1n) is 8.18. The molecule has 0 aromatic heterocycles. The lowest BCUT2D eigenvalue weighted by Gasteiger charge is -2.40. The summed E-state index contributed by atoms with van der Waals surface area (Å²) < 4.78 is 34.8. The molecule has 2 atom stereocenters. The van der Waals surface area contributed by atoms with Crippen LogP contribution >= 0.6 is 0 Å². The first-order valence-corrected chi connectivity index (χ1v) is 9.58. The van der Waals surface area contributed by atoms with E-state index in [4.69, 9.17) is 4.74 Å². The van der Waals surface area contributed by atoms with Crippen LogP contribution in [-0.2, 0) is 14.9 Å². The molecule has 0 radical (unpaired) electrons. The van der Waals surface area contributed by atoms with E-state index in [9.17, 15) is 8.42 Å². The summed E-state index contributed by atoms with van der Waals surface area (Å²) in [5, 5.41) is 3.29. The second-order valence-electron chi connectivity index (χ2n) is 5.83. The molecule has 0 spiro atoms. The predicted octanol–water partition coefficient (Wildman–Crippen LogP) is 0.806. The van der Waals surface area contributed by atoms with Gasteiger partial charge >= 0.3 is 0 Å². The zero-order valence-electron chi connectivity index (χ0n) is 13.3. The van der Waals surface area contributed by atoms with Crippen molar-refractivity contribution in [3.05, 3.63) is 0 Å². The molecule has 2 aliphatic rings.